The predicted octanol–water partition coefficient (Wildman–Crippen LogP) is 3.97. The summed E-state index contributed by atoms with van der Waals surface area (Å²) in [5.74, 6) is -1.16. The van der Waals surface area contributed by atoms with Crippen molar-refractivity contribution in [3.05, 3.63) is 47.2 Å². The summed E-state index contributed by atoms with van der Waals surface area (Å²) in [6, 6.07) is 5.21. The average Bonchev–Trinajstić information content (AvgIpc) is 2.79. The molecule has 7 heteroatoms. The molecule has 1 aliphatic heterocycles. The number of benzene rings is 1. The Bertz CT molecular complexity index is 776. The molecule has 2 heterocycles. The summed E-state index contributed by atoms with van der Waals surface area (Å²) in [4.78, 5) is 11.4. The van der Waals surface area contributed by atoms with E-state index in [0.29, 0.717) is 18.7 Å². The smallest absolute Gasteiger partial charge is 0.417 e. The zero-order valence-corrected chi connectivity index (χ0v) is 12.9. The van der Waals surface area contributed by atoms with Crippen LogP contribution in [0.25, 0.3) is 11.3 Å². The molecule has 0 amide bonds. The van der Waals surface area contributed by atoms with Crippen molar-refractivity contribution in [1.29, 1.82) is 0 Å². The van der Waals surface area contributed by atoms with Gasteiger partial charge in [-0.15, -0.1) is 0 Å². The Balaban J connectivity index is 2.17. The Kier molecular flexibility index (Phi) is 4.13. The van der Waals surface area contributed by atoms with Gasteiger partial charge >= 0.3 is 12.1 Å². The minimum atomic E-state index is -4.52. The number of aromatic carboxylic acids is 1. The summed E-state index contributed by atoms with van der Waals surface area (Å²) < 4.78 is 47.0. The highest BCUT2D eigenvalue weighted by Gasteiger charge is 2.35. The maximum Gasteiger partial charge on any atom is 0.417 e. The maximum atomic E-state index is 13.4. The van der Waals surface area contributed by atoms with Crippen molar-refractivity contribution in [2.45, 2.75) is 32.2 Å². The van der Waals surface area contributed by atoms with E-state index in [1.807, 2.05) is 0 Å². The number of carbonyl (C=O) groups is 1. The van der Waals surface area contributed by atoms with Crippen molar-refractivity contribution in [2.24, 2.45) is 0 Å². The fourth-order valence-electron chi connectivity index (χ4n) is 2.96. The van der Waals surface area contributed by atoms with E-state index >= 15 is 0 Å². The highest BCUT2D eigenvalue weighted by molar-refractivity contribution is 5.92. The third-order valence-electron chi connectivity index (χ3n) is 4.24. The first-order chi connectivity index (χ1) is 11.3. The summed E-state index contributed by atoms with van der Waals surface area (Å²) in [5, 5.41) is 9.32. The topological polar surface area (TPSA) is 51.5 Å². The van der Waals surface area contributed by atoms with Gasteiger partial charge in [-0.2, -0.15) is 13.2 Å². The van der Waals surface area contributed by atoms with Crippen LogP contribution in [0.15, 0.2) is 30.5 Å². The molecule has 0 bridgehead atoms. The van der Waals surface area contributed by atoms with Gasteiger partial charge in [0.1, 0.15) is 0 Å². The van der Waals surface area contributed by atoms with E-state index in [2.05, 4.69) is 0 Å². The number of carboxylic acids is 1. The summed E-state index contributed by atoms with van der Waals surface area (Å²) in [6.07, 6.45) is -2.42. The molecule has 24 heavy (non-hydrogen) atoms. The second kappa shape index (κ2) is 5.98. The minimum Gasteiger partial charge on any atom is -0.478 e. The van der Waals surface area contributed by atoms with Crippen molar-refractivity contribution in [3.63, 3.8) is 0 Å². The first-order valence-electron chi connectivity index (χ1n) is 7.50. The predicted molar refractivity (Wildman–Crippen MR) is 80.9 cm³/mol. The SMILES string of the molecule is Cc1c(C(=O)O)cn(CC2CCO2)c1-c1ccccc1C(F)(F)F. The lowest BCUT2D eigenvalue weighted by Gasteiger charge is -2.28. The second-order valence-corrected chi connectivity index (χ2v) is 5.80. The van der Waals surface area contributed by atoms with Crippen molar-refractivity contribution in [1.82, 2.24) is 4.57 Å². The highest BCUT2D eigenvalue weighted by Crippen LogP contribution is 2.39. The van der Waals surface area contributed by atoms with Gasteiger partial charge in [0.2, 0.25) is 0 Å². The molecule has 1 N–H and O–H groups in total. The van der Waals surface area contributed by atoms with Gasteiger partial charge < -0.3 is 14.4 Å². The number of aromatic nitrogens is 1. The van der Waals surface area contributed by atoms with Crippen molar-refractivity contribution in [3.8, 4) is 11.3 Å². The molecule has 1 aliphatic rings. The van der Waals surface area contributed by atoms with Gasteiger partial charge in [0, 0.05) is 24.9 Å². The van der Waals surface area contributed by atoms with E-state index in [0.717, 1.165) is 12.5 Å². The molecule has 1 unspecified atom stereocenters. The molecule has 4 nitrogen and oxygen atoms in total. The second-order valence-electron chi connectivity index (χ2n) is 5.80. The van der Waals surface area contributed by atoms with Crippen LogP contribution in [0.2, 0.25) is 0 Å². The molecule has 0 radical (unpaired) electrons. The van der Waals surface area contributed by atoms with E-state index < -0.39 is 17.7 Å². The van der Waals surface area contributed by atoms with Crippen LogP contribution in [-0.2, 0) is 17.5 Å². The molecule has 0 aliphatic carbocycles. The third kappa shape index (κ3) is 2.91. The summed E-state index contributed by atoms with van der Waals surface area (Å²) in [5.41, 5.74) is -0.205. The summed E-state index contributed by atoms with van der Waals surface area (Å²) in [6.45, 7) is 2.48. The zero-order chi connectivity index (χ0) is 17.5. The van der Waals surface area contributed by atoms with Crippen LogP contribution in [0.4, 0.5) is 13.2 Å². The molecule has 3 rings (SSSR count). The van der Waals surface area contributed by atoms with E-state index in [4.69, 9.17) is 4.74 Å². The Hall–Kier alpha value is -2.28. The van der Waals surface area contributed by atoms with Crippen LogP contribution in [0, 0.1) is 6.92 Å². The zero-order valence-electron chi connectivity index (χ0n) is 12.9. The van der Waals surface area contributed by atoms with Gasteiger partial charge in [-0.1, -0.05) is 18.2 Å². The van der Waals surface area contributed by atoms with Gasteiger partial charge in [-0.05, 0) is 25.0 Å². The number of alkyl halides is 3. The fourth-order valence-corrected chi connectivity index (χ4v) is 2.96. The minimum absolute atomic E-state index is 0.00120. The Morgan fingerprint density at radius 1 is 1.38 bits per heavy atom. The quantitative estimate of drug-likeness (QED) is 0.917. The molecule has 2 aromatic rings. The van der Waals surface area contributed by atoms with Crippen molar-refractivity contribution >= 4 is 5.97 Å². The lowest BCUT2D eigenvalue weighted by molar-refractivity contribution is -0.137. The number of carboxylic acid groups (broad SMARTS) is 1. The molecule has 1 aromatic carbocycles. The fraction of sp³-hybridized carbons (Fsp3) is 0.353. The number of hydrogen-bond donors (Lipinski definition) is 1. The van der Waals surface area contributed by atoms with Crippen LogP contribution in [0.3, 0.4) is 0 Å². The molecular weight excluding hydrogens is 323 g/mol. The number of hydrogen-bond acceptors (Lipinski definition) is 2. The van der Waals surface area contributed by atoms with Crippen LogP contribution >= 0.6 is 0 Å². The first kappa shape index (κ1) is 16.6. The molecule has 1 aromatic heterocycles. The number of nitrogens with zero attached hydrogens (tertiary/aromatic N) is 1. The monoisotopic (exact) mass is 339 g/mol. The molecule has 128 valence electrons. The van der Waals surface area contributed by atoms with Gasteiger partial charge in [-0.3, -0.25) is 0 Å². The normalized spacial score (nSPS) is 17.6. The van der Waals surface area contributed by atoms with E-state index in [-0.39, 0.29) is 22.9 Å². The third-order valence-corrected chi connectivity index (χ3v) is 4.24. The van der Waals surface area contributed by atoms with Gasteiger partial charge in [0.05, 0.1) is 22.9 Å². The number of ether oxygens (including phenoxy) is 1. The lowest BCUT2D eigenvalue weighted by atomic mass is 10.00. The van der Waals surface area contributed by atoms with E-state index in [1.165, 1.54) is 31.3 Å². The summed E-state index contributed by atoms with van der Waals surface area (Å²) >= 11 is 0. The Morgan fingerprint density at radius 2 is 2.04 bits per heavy atom. The van der Waals surface area contributed by atoms with Crippen LogP contribution in [-0.4, -0.2) is 28.4 Å². The maximum absolute atomic E-state index is 13.4. The molecule has 1 saturated heterocycles. The van der Waals surface area contributed by atoms with Gasteiger partial charge in [0.15, 0.2) is 0 Å². The summed E-state index contributed by atoms with van der Waals surface area (Å²) in [7, 11) is 0. The number of halogens is 3. The largest absolute Gasteiger partial charge is 0.478 e. The first-order valence-corrected chi connectivity index (χ1v) is 7.50. The van der Waals surface area contributed by atoms with Crippen molar-refractivity contribution < 1.29 is 27.8 Å². The average molecular weight is 339 g/mol. The molecule has 1 fully saturated rings. The molecule has 1 atom stereocenters. The van der Waals surface area contributed by atoms with Crippen molar-refractivity contribution in [2.75, 3.05) is 6.61 Å². The lowest BCUT2D eigenvalue weighted by Crippen LogP contribution is -2.31. The van der Waals surface area contributed by atoms with Crippen LogP contribution in [0.1, 0.15) is 27.9 Å². The van der Waals surface area contributed by atoms with Gasteiger partial charge in [-0.25, -0.2) is 4.79 Å². The van der Waals surface area contributed by atoms with Crippen LogP contribution < -0.4 is 0 Å². The highest BCUT2D eigenvalue weighted by atomic mass is 19.4. The van der Waals surface area contributed by atoms with E-state index in [9.17, 15) is 23.1 Å². The Morgan fingerprint density at radius 3 is 2.58 bits per heavy atom. The number of rotatable bonds is 4. The van der Waals surface area contributed by atoms with Crippen LogP contribution in [0.5, 0.6) is 0 Å². The molecular formula is C17H16F3NO3. The standard InChI is InChI=1S/C17H16F3NO3/c1-10-13(16(22)23)9-21(8-11-6-7-24-11)15(10)12-4-2-3-5-14(12)17(18,19)20/h2-5,9,11H,6-8H2,1H3,(H,22,23). The molecule has 0 spiro atoms. The van der Waals surface area contributed by atoms with E-state index in [1.54, 1.807) is 4.57 Å². The molecule has 0 saturated carbocycles. The van der Waals surface area contributed by atoms with Gasteiger partial charge in [0.25, 0.3) is 0 Å². The Labute approximate surface area is 136 Å².